The SMILES string of the molecule is COC(=O)C(N)C12CC(c3cc(F)c(F)c(F)c3)(C1)C2. The highest BCUT2D eigenvalue weighted by Crippen LogP contribution is 2.74. The van der Waals surface area contributed by atoms with Crippen LogP contribution in [-0.4, -0.2) is 19.1 Å². The van der Waals surface area contributed by atoms with Crippen LogP contribution in [0.25, 0.3) is 0 Å². The molecule has 0 saturated heterocycles. The molecule has 0 spiro atoms. The Morgan fingerprint density at radius 2 is 1.75 bits per heavy atom. The maximum Gasteiger partial charge on any atom is 0.323 e. The van der Waals surface area contributed by atoms with E-state index in [2.05, 4.69) is 4.74 Å². The Morgan fingerprint density at radius 3 is 2.20 bits per heavy atom. The molecule has 1 unspecified atom stereocenters. The van der Waals surface area contributed by atoms with E-state index in [0.717, 1.165) is 12.1 Å². The van der Waals surface area contributed by atoms with Crippen molar-refractivity contribution in [3.05, 3.63) is 35.1 Å². The lowest BCUT2D eigenvalue weighted by molar-refractivity contribution is -0.181. The molecule has 1 aromatic rings. The third kappa shape index (κ3) is 1.54. The summed E-state index contributed by atoms with van der Waals surface area (Å²) in [6.07, 6.45) is 1.71. The van der Waals surface area contributed by atoms with Crippen molar-refractivity contribution in [3.8, 4) is 0 Å². The van der Waals surface area contributed by atoms with E-state index in [-0.39, 0.29) is 10.8 Å². The van der Waals surface area contributed by atoms with E-state index >= 15 is 0 Å². The standard InChI is InChI=1S/C14H14F3NO2/c1-20-12(19)11(18)14-4-13(5-14,6-14)7-2-8(15)10(17)9(16)3-7/h2-3,11H,4-6,18H2,1H3. The zero-order valence-corrected chi connectivity index (χ0v) is 10.9. The Balaban J connectivity index is 1.80. The van der Waals surface area contributed by atoms with E-state index in [4.69, 9.17) is 5.73 Å². The van der Waals surface area contributed by atoms with Crippen LogP contribution in [0.2, 0.25) is 0 Å². The van der Waals surface area contributed by atoms with Gasteiger partial charge in [-0.25, -0.2) is 13.2 Å². The molecule has 0 aliphatic heterocycles. The van der Waals surface area contributed by atoms with Gasteiger partial charge in [0.25, 0.3) is 0 Å². The highest BCUT2D eigenvalue weighted by Gasteiger charge is 2.71. The van der Waals surface area contributed by atoms with Gasteiger partial charge in [0.2, 0.25) is 0 Å². The van der Waals surface area contributed by atoms with Crippen molar-refractivity contribution in [3.63, 3.8) is 0 Å². The van der Waals surface area contributed by atoms with Crippen LogP contribution in [0.4, 0.5) is 13.2 Å². The molecule has 1 atom stereocenters. The fourth-order valence-electron chi connectivity index (χ4n) is 3.74. The van der Waals surface area contributed by atoms with Gasteiger partial charge in [-0.05, 0) is 47.8 Å². The van der Waals surface area contributed by atoms with Crippen LogP contribution in [0, 0.1) is 22.9 Å². The number of carbonyl (C=O) groups is 1. The second kappa shape index (κ2) is 3.97. The van der Waals surface area contributed by atoms with E-state index in [0.29, 0.717) is 24.8 Å². The molecular formula is C14H14F3NO2. The molecule has 1 aromatic carbocycles. The summed E-state index contributed by atoms with van der Waals surface area (Å²) in [5, 5.41) is 0. The minimum atomic E-state index is -1.46. The number of carbonyl (C=O) groups excluding carboxylic acids is 1. The minimum absolute atomic E-state index is 0.339. The lowest BCUT2D eigenvalue weighted by Gasteiger charge is -2.72. The lowest BCUT2D eigenvalue weighted by atomic mass is 9.31. The number of hydrogen-bond donors (Lipinski definition) is 1. The Labute approximate surface area is 113 Å². The molecule has 0 amide bonds. The third-order valence-corrected chi connectivity index (χ3v) is 4.78. The lowest BCUT2D eigenvalue weighted by Crippen LogP contribution is -2.72. The van der Waals surface area contributed by atoms with Crippen LogP contribution in [0.15, 0.2) is 12.1 Å². The predicted octanol–water partition coefficient (Wildman–Crippen LogP) is 2.03. The molecule has 4 rings (SSSR count). The molecule has 2 N–H and O–H groups in total. The first-order valence-corrected chi connectivity index (χ1v) is 6.32. The van der Waals surface area contributed by atoms with Crippen LogP contribution < -0.4 is 5.73 Å². The van der Waals surface area contributed by atoms with Gasteiger partial charge in [0.1, 0.15) is 6.04 Å². The second-order valence-electron chi connectivity index (χ2n) is 5.93. The van der Waals surface area contributed by atoms with Crippen LogP contribution in [0.1, 0.15) is 24.8 Å². The zero-order chi connectivity index (χ0) is 14.7. The molecule has 3 aliphatic rings. The van der Waals surface area contributed by atoms with Crippen molar-refractivity contribution in [1.82, 2.24) is 0 Å². The van der Waals surface area contributed by atoms with Gasteiger partial charge in [0.05, 0.1) is 7.11 Å². The summed E-state index contributed by atoms with van der Waals surface area (Å²) in [7, 11) is 1.27. The van der Waals surface area contributed by atoms with Gasteiger partial charge in [-0.2, -0.15) is 0 Å². The first kappa shape index (κ1) is 13.4. The van der Waals surface area contributed by atoms with Gasteiger partial charge in [-0.15, -0.1) is 0 Å². The molecule has 0 heterocycles. The minimum Gasteiger partial charge on any atom is -0.468 e. The maximum atomic E-state index is 13.3. The Bertz CT molecular complexity index is 559. The highest BCUT2D eigenvalue weighted by molar-refractivity contribution is 5.77. The fourth-order valence-corrected chi connectivity index (χ4v) is 3.74. The number of rotatable bonds is 3. The quantitative estimate of drug-likeness (QED) is 0.683. The molecule has 20 heavy (non-hydrogen) atoms. The summed E-state index contributed by atoms with van der Waals surface area (Å²) in [4.78, 5) is 11.5. The Kier molecular flexibility index (Phi) is 2.67. The van der Waals surface area contributed by atoms with E-state index in [1.165, 1.54) is 7.11 Å². The molecule has 0 radical (unpaired) electrons. The average molecular weight is 285 g/mol. The van der Waals surface area contributed by atoms with Crippen LogP contribution >= 0.6 is 0 Å². The summed E-state index contributed by atoms with van der Waals surface area (Å²) < 4.78 is 44.1. The molecule has 0 aromatic heterocycles. The van der Waals surface area contributed by atoms with Crippen molar-refractivity contribution in [2.24, 2.45) is 11.1 Å². The fraction of sp³-hybridized carbons (Fsp3) is 0.500. The normalized spacial score (nSPS) is 32.0. The van der Waals surface area contributed by atoms with E-state index in [1.807, 2.05) is 0 Å². The zero-order valence-electron chi connectivity index (χ0n) is 10.9. The maximum absolute atomic E-state index is 13.3. The van der Waals surface area contributed by atoms with E-state index in [9.17, 15) is 18.0 Å². The first-order valence-electron chi connectivity index (χ1n) is 6.32. The number of esters is 1. The molecule has 108 valence electrons. The van der Waals surface area contributed by atoms with Crippen molar-refractivity contribution < 1.29 is 22.7 Å². The van der Waals surface area contributed by atoms with Crippen LogP contribution in [0.5, 0.6) is 0 Å². The highest BCUT2D eigenvalue weighted by atomic mass is 19.2. The first-order chi connectivity index (χ1) is 9.33. The number of methoxy groups -OCH3 is 1. The monoisotopic (exact) mass is 285 g/mol. The summed E-state index contributed by atoms with van der Waals surface area (Å²) in [5.74, 6) is -4.30. The number of hydrogen-bond acceptors (Lipinski definition) is 3. The van der Waals surface area contributed by atoms with Gasteiger partial charge in [0, 0.05) is 0 Å². The molecule has 3 saturated carbocycles. The topological polar surface area (TPSA) is 52.3 Å². The number of nitrogens with two attached hydrogens (primary N) is 1. The summed E-state index contributed by atoms with van der Waals surface area (Å²) >= 11 is 0. The Hall–Kier alpha value is -1.56. The molecule has 3 fully saturated rings. The summed E-state index contributed by atoms with van der Waals surface area (Å²) in [6, 6.07) is 1.35. The predicted molar refractivity (Wildman–Crippen MR) is 64.3 cm³/mol. The van der Waals surface area contributed by atoms with Crippen LogP contribution in [-0.2, 0) is 14.9 Å². The van der Waals surface area contributed by atoms with Crippen LogP contribution in [0.3, 0.4) is 0 Å². The molecule has 3 aliphatic carbocycles. The van der Waals surface area contributed by atoms with Gasteiger partial charge in [-0.1, -0.05) is 0 Å². The van der Waals surface area contributed by atoms with Crippen molar-refractivity contribution in [1.29, 1.82) is 0 Å². The van der Waals surface area contributed by atoms with Crippen molar-refractivity contribution in [2.45, 2.75) is 30.7 Å². The molecule has 2 bridgehead atoms. The second-order valence-corrected chi connectivity index (χ2v) is 5.93. The van der Waals surface area contributed by atoms with Crippen molar-refractivity contribution >= 4 is 5.97 Å². The molecule has 6 heteroatoms. The smallest absolute Gasteiger partial charge is 0.323 e. The largest absolute Gasteiger partial charge is 0.468 e. The van der Waals surface area contributed by atoms with Crippen molar-refractivity contribution in [2.75, 3.05) is 7.11 Å². The van der Waals surface area contributed by atoms with Gasteiger partial charge >= 0.3 is 5.97 Å². The van der Waals surface area contributed by atoms with Gasteiger partial charge in [0.15, 0.2) is 17.5 Å². The summed E-state index contributed by atoms with van der Waals surface area (Å²) in [6.45, 7) is 0. The number of benzene rings is 1. The Morgan fingerprint density at radius 1 is 1.25 bits per heavy atom. The van der Waals surface area contributed by atoms with Gasteiger partial charge < -0.3 is 10.5 Å². The number of ether oxygens (including phenoxy) is 1. The number of halogens is 3. The van der Waals surface area contributed by atoms with Gasteiger partial charge in [-0.3, -0.25) is 4.79 Å². The van der Waals surface area contributed by atoms with E-state index in [1.54, 1.807) is 0 Å². The third-order valence-electron chi connectivity index (χ3n) is 4.78. The van der Waals surface area contributed by atoms with E-state index < -0.39 is 29.5 Å². The summed E-state index contributed by atoms with van der Waals surface area (Å²) in [5.41, 5.74) is 5.57. The average Bonchev–Trinajstić information content (AvgIpc) is 2.31. The molecular weight excluding hydrogens is 271 g/mol. The molecule has 3 nitrogen and oxygen atoms in total.